The third-order valence-electron chi connectivity index (χ3n) is 3.78. The average Bonchev–Trinajstić information content (AvgIpc) is 2.48. The van der Waals surface area contributed by atoms with Gasteiger partial charge >= 0.3 is 0 Å². The van der Waals surface area contributed by atoms with Gasteiger partial charge in [-0.1, -0.05) is 17.7 Å². The number of nitrogens with zero attached hydrogens (tertiary/aromatic N) is 1. The number of aryl methyl sites for hydroxylation is 1. The molecule has 1 atom stereocenters. The summed E-state index contributed by atoms with van der Waals surface area (Å²) in [6.45, 7) is 6.24. The molecule has 0 aliphatic carbocycles. The van der Waals surface area contributed by atoms with Gasteiger partial charge in [0.25, 0.3) is 0 Å². The Morgan fingerprint density at radius 1 is 1.36 bits per heavy atom. The predicted octanol–water partition coefficient (Wildman–Crippen LogP) is 0.484. The first-order valence-electron chi connectivity index (χ1n) is 7.46. The first-order chi connectivity index (χ1) is 10.4. The zero-order valence-electron chi connectivity index (χ0n) is 13.0. The van der Waals surface area contributed by atoms with Crippen LogP contribution in [0.4, 0.5) is 0 Å². The molecule has 1 aliphatic rings. The van der Waals surface area contributed by atoms with Crippen molar-refractivity contribution in [1.82, 2.24) is 14.9 Å². The van der Waals surface area contributed by atoms with E-state index in [2.05, 4.69) is 10.0 Å². The van der Waals surface area contributed by atoms with Crippen molar-refractivity contribution in [2.24, 2.45) is 0 Å². The maximum atomic E-state index is 12.1. The van der Waals surface area contributed by atoms with Crippen LogP contribution in [0.2, 0.25) is 0 Å². The number of piperazine rings is 1. The van der Waals surface area contributed by atoms with Gasteiger partial charge in [0.1, 0.15) is 0 Å². The van der Waals surface area contributed by atoms with E-state index in [0.717, 1.165) is 18.7 Å². The number of nitrogens with one attached hydrogen (secondary N) is 2. The summed E-state index contributed by atoms with van der Waals surface area (Å²) in [5.41, 5.74) is 1.00. The van der Waals surface area contributed by atoms with Gasteiger partial charge in [0.15, 0.2) is 0 Å². The minimum atomic E-state index is -3.55. The molecule has 0 spiro atoms. The smallest absolute Gasteiger partial charge is 0.240 e. The zero-order chi connectivity index (χ0) is 16.2. The summed E-state index contributed by atoms with van der Waals surface area (Å²) in [4.78, 5) is 14.2. The highest BCUT2D eigenvalue weighted by Gasteiger charge is 2.23. The van der Waals surface area contributed by atoms with Crippen LogP contribution in [0.15, 0.2) is 29.2 Å². The Morgan fingerprint density at radius 2 is 2.05 bits per heavy atom. The molecule has 1 aromatic carbocycles. The lowest BCUT2D eigenvalue weighted by Gasteiger charge is -2.34. The highest BCUT2D eigenvalue weighted by atomic mass is 32.2. The maximum Gasteiger partial charge on any atom is 0.240 e. The summed E-state index contributed by atoms with van der Waals surface area (Å²) >= 11 is 0. The van der Waals surface area contributed by atoms with Gasteiger partial charge in [0, 0.05) is 38.6 Å². The normalized spacial score (nSPS) is 19.2. The van der Waals surface area contributed by atoms with Crippen molar-refractivity contribution in [1.29, 1.82) is 0 Å². The van der Waals surface area contributed by atoms with Gasteiger partial charge in [-0.3, -0.25) is 4.79 Å². The van der Waals surface area contributed by atoms with Crippen LogP contribution in [0.3, 0.4) is 0 Å². The molecule has 22 heavy (non-hydrogen) atoms. The predicted molar refractivity (Wildman–Crippen MR) is 85.0 cm³/mol. The van der Waals surface area contributed by atoms with Gasteiger partial charge in [0.2, 0.25) is 15.9 Å². The number of amides is 1. The number of carbonyl (C=O) groups is 1. The second kappa shape index (κ2) is 7.21. The maximum absolute atomic E-state index is 12.1. The molecule has 6 nitrogen and oxygen atoms in total. The molecule has 1 heterocycles. The fraction of sp³-hybridized carbons (Fsp3) is 0.533. The van der Waals surface area contributed by atoms with E-state index in [4.69, 9.17) is 0 Å². The van der Waals surface area contributed by atoms with Crippen LogP contribution in [0, 0.1) is 6.92 Å². The van der Waals surface area contributed by atoms with Gasteiger partial charge in [0.05, 0.1) is 4.90 Å². The number of hydrogen-bond acceptors (Lipinski definition) is 4. The number of rotatable bonds is 5. The fourth-order valence-electron chi connectivity index (χ4n) is 2.45. The van der Waals surface area contributed by atoms with E-state index in [-0.39, 0.29) is 29.8 Å². The monoisotopic (exact) mass is 325 g/mol. The van der Waals surface area contributed by atoms with Crippen LogP contribution in [0.1, 0.15) is 18.9 Å². The Balaban J connectivity index is 1.87. The van der Waals surface area contributed by atoms with E-state index < -0.39 is 10.0 Å². The van der Waals surface area contributed by atoms with Gasteiger partial charge < -0.3 is 10.2 Å². The highest BCUT2D eigenvalue weighted by Crippen LogP contribution is 2.10. The molecule has 1 fully saturated rings. The molecule has 122 valence electrons. The lowest BCUT2D eigenvalue weighted by molar-refractivity contribution is -0.133. The van der Waals surface area contributed by atoms with Crippen molar-refractivity contribution in [3.63, 3.8) is 0 Å². The van der Waals surface area contributed by atoms with Crippen LogP contribution in [-0.4, -0.2) is 51.4 Å². The molecule has 1 amide bonds. The van der Waals surface area contributed by atoms with Crippen molar-refractivity contribution >= 4 is 15.9 Å². The molecule has 0 radical (unpaired) electrons. The van der Waals surface area contributed by atoms with Gasteiger partial charge in [-0.25, -0.2) is 13.1 Å². The SMILES string of the molecule is Cc1ccc(S(=O)(=O)NCCC(=O)N2CCNC[C@@H]2C)cc1. The van der Waals surface area contributed by atoms with Crippen LogP contribution in [0.25, 0.3) is 0 Å². The summed E-state index contributed by atoms with van der Waals surface area (Å²) in [6.07, 6.45) is 0.176. The number of carbonyl (C=O) groups excluding carboxylic acids is 1. The van der Waals surface area contributed by atoms with Crippen LogP contribution in [-0.2, 0) is 14.8 Å². The number of hydrogen-bond donors (Lipinski definition) is 2. The van der Waals surface area contributed by atoms with Gasteiger partial charge in [-0.15, -0.1) is 0 Å². The summed E-state index contributed by atoms with van der Waals surface area (Å²) in [5, 5.41) is 3.22. The average molecular weight is 325 g/mol. The molecule has 1 aliphatic heterocycles. The summed E-state index contributed by atoms with van der Waals surface area (Å²) in [5.74, 6) is -0.0133. The van der Waals surface area contributed by atoms with E-state index in [0.29, 0.717) is 6.54 Å². The molecule has 1 aromatic rings. The Bertz CT molecular complexity index is 613. The van der Waals surface area contributed by atoms with Crippen molar-refractivity contribution < 1.29 is 13.2 Å². The first kappa shape index (κ1) is 16.9. The molecule has 0 saturated carbocycles. The Kier molecular flexibility index (Phi) is 5.55. The van der Waals surface area contributed by atoms with E-state index in [1.807, 2.05) is 13.8 Å². The number of benzene rings is 1. The molecule has 1 saturated heterocycles. The second-order valence-corrected chi connectivity index (χ2v) is 7.37. The molecule has 0 bridgehead atoms. The third kappa shape index (κ3) is 4.28. The lowest BCUT2D eigenvalue weighted by atomic mass is 10.2. The molecule has 7 heteroatoms. The lowest BCUT2D eigenvalue weighted by Crippen LogP contribution is -2.52. The standard InChI is InChI=1S/C15H23N3O3S/c1-12-3-5-14(6-4-12)22(20,21)17-8-7-15(19)18-10-9-16-11-13(18)2/h3-6,13,16-17H,7-11H2,1-2H3/t13-/m0/s1. The van der Waals surface area contributed by atoms with Crippen molar-refractivity contribution in [3.8, 4) is 0 Å². The van der Waals surface area contributed by atoms with Crippen LogP contribution < -0.4 is 10.0 Å². The van der Waals surface area contributed by atoms with E-state index in [1.165, 1.54) is 0 Å². The van der Waals surface area contributed by atoms with E-state index in [1.54, 1.807) is 29.2 Å². The molecular weight excluding hydrogens is 302 g/mol. The number of sulfonamides is 1. The quantitative estimate of drug-likeness (QED) is 0.825. The van der Waals surface area contributed by atoms with Gasteiger partial charge in [-0.05, 0) is 26.0 Å². The minimum Gasteiger partial charge on any atom is -0.337 e. The first-order valence-corrected chi connectivity index (χ1v) is 8.95. The molecule has 2 N–H and O–H groups in total. The Hall–Kier alpha value is -1.44. The fourth-order valence-corrected chi connectivity index (χ4v) is 3.48. The minimum absolute atomic E-state index is 0.0133. The molecule has 0 unspecified atom stereocenters. The molecular formula is C15H23N3O3S. The Morgan fingerprint density at radius 3 is 2.68 bits per heavy atom. The summed E-state index contributed by atoms with van der Waals surface area (Å²) in [6, 6.07) is 6.79. The Labute approximate surface area is 131 Å². The topological polar surface area (TPSA) is 78.5 Å². The second-order valence-electron chi connectivity index (χ2n) is 5.60. The van der Waals surface area contributed by atoms with Crippen molar-refractivity contribution in [2.45, 2.75) is 31.2 Å². The van der Waals surface area contributed by atoms with Crippen LogP contribution in [0.5, 0.6) is 0 Å². The van der Waals surface area contributed by atoms with Crippen molar-refractivity contribution in [3.05, 3.63) is 29.8 Å². The molecule has 0 aromatic heterocycles. The largest absolute Gasteiger partial charge is 0.337 e. The molecule has 2 rings (SSSR count). The summed E-state index contributed by atoms with van der Waals surface area (Å²) < 4.78 is 26.7. The van der Waals surface area contributed by atoms with Crippen molar-refractivity contribution in [2.75, 3.05) is 26.2 Å². The van der Waals surface area contributed by atoms with Crippen LogP contribution >= 0.6 is 0 Å². The third-order valence-corrected chi connectivity index (χ3v) is 5.26. The van der Waals surface area contributed by atoms with E-state index >= 15 is 0 Å². The zero-order valence-corrected chi connectivity index (χ0v) is 13.8. The highest BCUT2D eigenvalue weighted by molar-refractivity contribution is 7.89. The summed E-state index contributed by atoms with van der Waals surface area (Å²) in [7, 11) is -3.55. The van der Waals surface area contributed by atoms with E-state index in [9.17, 15) is 13.2 Å². The van der Waals surface area contributed by atoms with Gasteiger partial charge in [-0.2, -0.15) is 0 Å².